The first kappa shape index (κ1) is 15.9. The zero-order valence-electron chi connectivity index (χ0n) is 13.6. The Morgan fingerprint density at radius 3 is 3.20 bits per heavy atom. The van der Waals surface area contributed by atoms with Gasteiger partial charge in [0.1, 0.15) is 0 Å². The van der Waals surface area contributed by atoms with Crippen molar-refractivity contribution >= 4 is 23.7 Å². The lowest BCUT2D eigenvalue weighted by molar-refractivity contribution is 0.245. The average molecular weight is 342 g/mol. The van der Waals surface area contributed by atoms with Gasteiger partial charge >= 0.3 is 0 Å². The summed E-state index contributed by atoms with van der Waals surface area (Å²) in [4.78, 5) is 14.6. The molecular formula is C17H19FN6O. The van der Waals surface area contributed by atoms with Crippen molar-refractivity contribution in [1.82, 2.24) is 15.3 Å². The molecule has 3 N–H and O–H groups in total. The Morgan fingerprint density at radius 1 is 1.40 bits per heavy atom. The fourth-order valence-electron chi connectivity index (χ4n) is 3.09. The lowest BCUT2D eigenvalue weighted by atomic mass is 10.1. The van der Waals surface area contributed by atoms with E-state index >= 15 is 0 Å². The molecule has 0 radical (unpaired) electrons. The predicted octanol–water partition coefficient (Wildman–Crippen LogP) is 1.06. The molecule has 25 heavy (non-hydrogen) atoms. The Labute approximate surface area is 144 Å². The van der Waals surface area contributed by atoms with Crippen molar-refractivity contribution in [3.63, 3.8) is 0 Å². The van der Waals surface area contributed by atoms with Crippen molar-refractivity contribution in [2.75, 3.05) is 36.5 Å². The molecule has 0 spiro atoms. The molecule has 1 fully saturated rings. The standard InChI is InChI=1S/C17H19FN6O/c18-15-9-21-17(24-4-3-19-8-14(24)10-25)23-16(15)22-13-2-1-11-6-20-7-12(11)5-13/h1-2,5,7,9,14,19,25H,3-4,6,8,10H2,(H,21,22,23). The van der Waals surface area contributed by atoms with Crippen LogP contribution in [-0.2, 0) is 6.54 Å². The van der Waals surface area contributed by atoms with Gasteiger partial charge in [-0.05, 0) is 23.3 Å². The fraction of sp³-hybridized carbons (Fsp3) is 0.353. The molecule has 1 aromatic carbocycles. The lowest BCUT2D eigenvalue weighted by Crippen LogP contribution is -2.53. The van der Waals surface area contributed by atoms with Gasteiger partial charge in [0, 0.05) is 31.5 Å². The van der Waals surface area contributed by atoms with Crippen molar-refractivity contribution in [2.24, 2.45) is 4.99 Å². The number of rotatable bonds is 4. The summed E-state index contributed by atoms with van der Waals surface area (Å²) in [7, 11) is 0. The second-order valence-corrected chi connectivity index (χ2v) is 6.11. The molecular weight excluding hydrogens is 323 g/mol. The number of aliphatic hydroxyl groups is 1. The van der Waals surface area contributed by atoms with Gasteiger partial charge in [0.15, 0.2) is 11.6 Å². The smallest absolute Gasteiger partial charge is 0.227 e. The van der Waals surface area contributed by atoms with Crippen molar-refractivity contribution < 1.29 is 9.50 Å². The highest BCUT2D eigenvalue weighted by molar-refractivity contribution is 5.86. The second kappa shape index (κ2) is 6.73. The fourth-order valence-corrected chi connectivity index (χ4v) is 3.09. The Balaban J connectivity index is 1.60. The second-order valence-electron chi connectivity index (χ2n) is 6.11. The van der Waals surface area contributed by atoms with E-state index in [0.717, 1.165) is 29.6 Å². The maximum atomic E-state index is 14.2. The number of hydrogen-bond acceptors (Lipinski definition) is 7. The molecule has 1 saturated heterocycles. The zero-order valence-corrected chi connectivity index (χ0v) is 13.6. The van der Waals surface area contributed by atoms with Crippen molar-refractivity contribution in [1.29, 1.82) is 0 Å². The maximum absolute atomic E-state index is 14.2. The number of aromatic nitrogens is 2. The van der Waals surface area contributed by atoms with Crippen molar-refractivity contribution in [2.45, 2.75) is 12.6 Å². The molecule has 1 unspecified atom stereocenters. The third kappa shape index (κ3) is 3.18. The molecule has 2 aromatic rings. The van der Waals surface area contributed by atoms with Gasteiger partial charge in [0.05, 0.1) is 25.4 Å². The van der Waals surface area contributed by atoms with Gasteiger partial charge in [0.2, 0.25) is 5.95 Å². The van der Waals surface area contributed by atoms with E-state index in [1.54, 1.807) is 0 Å². The minimum Gasteiger partial charge on any atom is -0.394 e. The minimum atomic E-state index is -0.520. The van der Waals surface area contributed by atoms with Crippen molar-refractivity contribution in [3.8, 4) is 0 Å². The highest BCUT2D eigenvalue weighted by atomic mass is 19.1. The Hall–Kier alpha value is -2.58. The van der Waals surface area contributed by atoms with Crippen LogP contribution in [0.2, 0.25) is 0 Å². The summed E-state index contributed by atoms with van der Waals surface area (Å²) in [6.07, 6.45) is 2.98. The van der Waals surface area contributed by atoms with Crippen LogP contribution < -0.4 is 15.5 Å². The van der Waals surface area contributed by atoms with Gasteiger partial charge in [-0.15, -0.1) is 0 Å². The highest BCUT2D eigenvalue weighted by Gasteiger charge is 2.24. The normalized spacial score (nSPS) is 19.1. The molecule has 0 aliphatic carbocycles. The van der Waals surface area contributed by atoms with Crippen molar-refractivity contribution in [3.05, 3.63) is 41.3 Å². The van der Waals surface area contributed by atoms with Crippen LogP contribution >= 0.6 is 0 Å². The first-order valence-corrected chi connectivity index (χ1v) is 8.25. The van der Waals surface area contributed by atoms with Crippen LogP contribution in [0.15, 0.2) is 29.4 Å². The number of aliphatic imine (C=N–C) groups is 1. The molecule has 130 valence electrons. The van der Waals surface area contributed by atoms with Crippen LogP contribution in [0.25, 0.3) is 0 Å². The zero-order chi connectivity index (χ0) is 17.2. The number of nitrogens with one attached hydrogen (secondary N) is 2. The Bertz CT molecular complexity index is 812. The van der Waals surface area contributed by atoms with E-state index in [4.69, 9.17) is 0 Å². The lowest BCUT2D eigenvalue weighted by Gasteiger charge is -2.35. The number of aliphatic hydroxyl groups excluding tert-OH is 1. The first-order valence-electron chi connectivity index (χ1n) is 8.25. The van der Waals surface area contributed by atoms with Gasteiger partial charge in [-0.2, -0.15) is 4.98 Å². The number of halogens is 1. The molecule has 0 saturated carbocycles. The molecule has 0 amide bonds. The number of benzene rings is 1. The summed E-state index contributed by atoms with van der Waals surface area (Å²) in [6.45, 7) is 2.74. The van der Waals surface area contributed by atoms with Gasteiger partial charge in [-0.1, -0.05) is 6.07 Å². The van der Waals surface area contributed by atoms with Gasteiger partial charge in [0.25, 0.3) is 0 Å². The topological polar surface area (TPSA) is 85.7 Å². The van der Waals surface area contributed by atoms with E-state index in [2.05, 4.69) is 25.6 Å². The van der Waals surface area contributed by atoms with Gasteiger partial charge < -0.3 is 20.6 Å². The van der Waals surface area contributed by atoms with Crippen LogP contribution in [0, 0.1) is 5.82 Å². The largest absolute Gasteiger partial charge is 0.394 e. The summed E-state index contributed by atoms with van der Waals surface area (Å²) in [5.41, 5.74) is 2.93. The van der Waals surface area contributed by atoms with E-state index in [1.807, 2.05) is 29.3 Å². The molecule has 3 heterocycles. The molecule has 7 nitrogen and oxygen atoms in total. The average Bonchev–Trinajstić information content (AvgIpc) is 3.11. The van der Waals surface area contributed by atoms with Gasteiger partial charge in [-0.3, -0.25) is 4.99 Å². The SMILES string of the molecule is OCC1CNCCN1c1ncc(F)c(Nc2ccc3c(c2)C=NC3)n1. The molecule has 1 atom stereocenters. The van der Waals surface area contributed by atoms with E-state index < -0.39 is 5.82 Å². The van der Waals surface area contributed by atoms with Crippen LogP contribution in [0.1, 0.15) is 11.1 Å². The number of fused-ring (bicyclic) bond motifs is 1. The summed E-state index contributed by atoms with van der Waals surface area (Å²) in [5.74, 6) is 0.0101. The first-order chi connectivity index (χ1) is 12.2. The maximum Gasteiger partial charge on any atom is 0.227 e. The van der Waals surface area contributed by atoms with E-state index in [-0.39, 0.29) is 18.5 Å². The molecule has 1 aromatic heterocycles. The van der Waals surface area contributed by atoms with Crippen LogP contribution in [-0.4, -0.2) is 53.6 Å². The monoisotopic (exact) mass is 342 g/mol. The van der Waals surface area contributed by atoms with Crippen LogP contribution in [0.5, 0.6) is 0 Å². The predicted molar refractivity (Wildman–Crippen MR) is 94.1 cm³/mol. The minimum absolute atomic E-state index is 0.0132. The number of piperazine rings is 1. The third-order valence-corrected chi connectivity index (χ3v) is 4.45. The summed E-state index contributed by atoms with van der Waals surface area (Å²) in [5, 5.41) is 15.8. The molecule has 2 aliphatic heterocycles. The number of hydrogen-bond donors (Lipinski definition) is 3. The van der Waals surface area contributed by atoms with E-state index in [0.29, 0.717) is 25.6 Å². The quantitative estimate of drug-likeness (QED) is 0.770. The number of anilines is 3. The molecule has 0 bridgehead atoms. The van der Waals surface area contributed by atoms with Gasteiger partial charge in [-0.25, -0.2) is 9.37 Å². The molecule has 2 aliphatic rings. The van der Waals surface area contributed by atoms with E-state index in [1.165, 1.54) is 0 Å². The third-order valence-electron chi connectivity index (χ3n) is 4.45. The molecule has 8 heteroatoms. The summed E-state index contributed by atoms with van der Waals surface area (Å²) >= 11 is 0. The molecule has 4 rings (SSSR count). The summed E-state index contributed by atoms with van der Waals surface area (Å²) in [6, 6.07) is 5.66. The summed E-state index contributed by atoms with van der Waals surface area (Å²) < 4.78 is 14.2. The van der Waals surface area contributed by atoms with E-state index in [9.17, 15) is 9.50 Å². The van der Waals surface area contributed by atoms with Crippen LogP contribution in [0.4, 0.5) is 21.8 Å². The Morgan fingerprint density at radius 2 is 2.32 bits per heavy atom. The van der Waals surface area contributed by atoms with Crippen LogP contribution in [0.3, 0.4) is 0 Å². The number of nitrogens with zero attached hydrogens (tertiary/aromatic N) is 4. The highest BCUT2D eigenvalue weighted by Crippen LogP contribution is 2.24. The Kier molecular flexibility index (Phi) is 4.29.